The molecule has 1 aromatic heterocycles. The fraction of sp³-hybridized carbons (Fsp3) is 0.259. The molecular weight excluding hydrogens is 457 g/mol. The Morgan fingerprint density at radius 2 is 1.54 bits per heavy atom. The molecule has 0 aliphatic carbocycles. The summed E-state index contributed by atoms with van der Waals surface area (Å²) < 4.78 is 44.6. The number of fused-ring (bicyclic) bond motifs is 1. The molecule has 4 aromatic rings. The van der Waals surface area contributed by atoms with Gasteiger partial charge in [-0.3, -0.25) is 0 Å². The topological polar surface area (TPSA) is 64.2 Å². The molecule has 0 aliphatic rings. The van der Waals surface area contributed by atoms with E-state index < -0.39 is 23.5 Å². The molecule has 1 heterocycles. The minimum Gasteiger partial charge on any atom is -0.407 e. The quantitative estimate of drug-likeness (QED) is 0.286. The van der Waals surface area contributed by atoms with E-state index in [4.69, 9.17) is 4.42 Å². The highest BCUT2D eigenvalue weighted by molar-refractivity contribution is 5.90. The molecule has 0 fully saturated rings. The molecule has 5 nitrogen and oxygen atoms in total. The lowest BCUT2D eigenvalue weighted by Gasteiger charge is -2.08. The van der Waals surface area contributed by atoms with Gasteiger partial charge in [0.2, 0.25) is 0 Å². The van der Waals surface area contributed by atoms with Crippen molar-refractivity contribution in [2.45, 2.75) is 38.3 Å². The van der Waals surface area contributed by atoms with Crippen molar-refractivity contribution < 1.29 is 22.4 Å². The number of hydrogen-bond acceptors (Lipinski definition) is 3. The number of unbranched alkanes of at least 4 members (excludes halogenated alkanes) is 3. The van der Waals surface area contributed by atoms with Crippen LogP contribution in [0.4, 0.5) is 18.0 Å². The maximum Gasteiger partial charge on any atom is 0.428 e. The third kappa shape index (κ3) is 6.01. The second-order valence-electron chi connectivity index (χ2n) is 8.34. The molecule has 0 aliphatic heterocycles. The largest absolute Gasteiger partial charge is 0.428 e. The Balaban J connectivity index is 1.36. The van der Waals surface area contributed by atoms with Crippen LogP contribution in [0, 0.1) is 0 Å². The highest BCUT2D eigenvalue weighted by Crippen LogP contribution is 2.31. The van der Waals surface area contributed by atoms with Crippen LogP contribution in [0.3, 0.4) is 0 Å². The first kappa shape index (κ1) is 24.3. The number of carbonyl (C=O) groups is 1. The number of carbonyl (C=O) groups excluding carboxylic acids is 1. The zero-order valence-corrected chi connectivity index (χ0v) is 19.0. The first-order valence-corrected chi connectivity index (χ1v) is 11.5. The van der Waals surface area contributed by atoms with Crippen LogP contribution in [0.5, 0.6) is 0 Å². The van der Waals surface area contributed by atoms with Gasteiger partial charge in [-0.2, -0.15) is 17.7 Å². The van der Waals surface area contributed by atoms with E-state index in [0.29, 0.717) is 17.7 Å². The zero-order valence-electron chi connectivity index (χ0n) is 19.0. The number of amides is 1. The molecule has 0 spiro atoms. The maximum absolute atomic E-state index is 12.8. The maximum atomic E-state index is 12.8. The Hall–Kier alpha value is -3.81. The molecule has 0 bridgehead atoms. The van der Waals surface area contributed by atoms with Gasteiger partial charge in [0.25, 0.3) is 0 Å². The van der Waals surface area contributed by atoms with Crippen molar-refractivity contribution in [3.8, 4) is 11.1 Å². The number of aromatic nitrogens is 1. The van der Waals surface area contributed by atoms with E-state index >= 15 is 0 Å². The monoisotopic (exact) mass is 482 g/mol. The fourth-order valence-corrected chi connectivity index (χ4v) is 3.97. The number of hydrogen-bond donors (Lipinski definition) is 1. The van der Waals surface area contributed by atoms with Gasteiger partial charge in [-0.05, 0) is 60.2 Å². The molecule has 1 amide bonds. The van der Waals surface area contributed by atoms with Crippen LogP contribution in [-0.2, 0) is 12.6 Å². The fourth-order valence-electron chi connectivity index (χ4n) is 3.97. The smallest absolute Gasteiger partial charge is 0.407 e. The number of aryl methyl sites for hydroxylation is 1. The Bertz CT molecular complexity index is 1340. The van der Waals surface area contributed by atoms with Crippen molar-refractivity contribution in [3.63, 3.8) is 0 Å². The van der Waals surface area contributed by atoms with E-state index in [9.17, 15) is 22.8 Å². The minimum atomic E-state index is -4.42. The van der Waals surface area contributed by atoms with Crippen LogP contribution in [0.2, 0.25) is 0 Å². The van der Waals surface area contributed by atoms with Gasteiger partial charge in [0.15, 0.2) is 5.58 Å². The lowest BCUT2D eigenvalue weighted by molar-refractivity contribution is -0.137. The molecule has 0 saturated carbocycles. The number of rotatable bonds is 8. The molecule has 8 heteroatoms. The van der Waals surface area contributed by atoms with E-state index in [-0.39, 0.29) is 11.1 Å². The SMILES string of the molecule is O=C(NCCCCCCc1ccccc1)n1c(=O)oc2ccc(-c3ccc(C(F)(F)F)cc3)cc21. The molecule has 35 heavy (non-hydrogen) atoms. The molecule has 3 aromatic carbocycles. The summed E-state index contributed by atoms with van der Waals surface area (Å²) in [5.74, 6) is -0.815. The van der Waals surface area contributed by atoms with Crippen molar-refractivity contribution in [1.82, 2.24) is 9.88 Å². The molecule has 0 radical (unpaired) electrons. The number of nitrogens with zero attached hydrogens (tertiary/aromatic N) is 1. The summed E-state index contributed by atoms with van der Waals surface area (Å²) in [4.78, 5) is 25.0. The van der Waals surface area contributed by atoms with Gasteiger partial charge >= 0.3 is 18.0 Å². The van der Waals surface area contributed by atoms with Gasteiger partial charge in [-0.15, -0.1) is 0 Å². The Kier molecular flexibility index (Phi) is 7.39. The average molecular weight is 483 g/mol. The van der Waals surface area contributed by atoms with Gasteiger partial charge in [0.05, 0.1) is 5.56 Å². The Labute approximate surface area is 200 Å². The first-order chi connectivity index (χ1) is 16.8. The van der Waals surface area contributed by atoms with Crippen molar-refractivity contribution in [3.05, 3.63) is 94.5 Å². The van der Waals surface area contributed by atoms with E-state index in [2.05, 4.69) is 17.4 Å². The van der Waals surface area contributed by atoms with Crippen LogP contribution in [0.25, 0.3) is 22.2 Å². The van der Waals surface area contributed by atoms with E-state index in [1.54, 1.807) is 12.1 Å². The molecule has 0 atom stereocenters. The first-order valence-electron chi connectivity index (χ1n) is 11.5. The second kappa shape index (κ2) is 10.6. The highest BCUT2D eigenvalue weighted by atomic mass is 19.4. The predicted molar refractivity (Wildman–Crippen MR) is 128 cm³/mol. The van der Waals surface area contributed by atoms with Gasteiger partial charge in [0.1, 0.15) is 5.52 Å². The Morgan fingerprint density at radius 3 is 2.26 bits per heavy atom. The summed E-state index contributed by atoms with van der Waals surface area (Å²) in [5, 5.41) is 2.75. The van der Waals surface area contributed by atoms with Crippen LogP contribution in [-0.4, -0.2) is 17.1 Å². The van der Waals surface area contributed by atoms with Crippen molar-refractivity contribution >= 4 is 17.1 Å². The zero-order chi connectivity index (χ0) is 24.8. The summed E-state index contributed by atoms with van der Waals surface area (Å²) in [7, 11) is 0. The van der Waals surface area contributed by atoms with Crippen molar-refractivity contribution in [2.24, 2.45) is 0 Å². The number of benzene rings is 3. The molecule has 182 valence electrons. The average Bonchev–Trinajstić information content (AvgIpc) is 3.18. The number of alkyl halides is 3. The van der Waals surface area contributed by atoms with Crippen LogP contribution in [0.1, 0.15) is 36.8 Å². The number of halogens is 3. The summed E-state index contributed by atoms with van der Waals surface area (Å²) in [5.41, 5.74) is 2.13. The predicted octanol–water partition coefficient (Wildman–Crippen LogP) is 6.64. The van der Waals surface area contributed by atoms with E-state index in [0.717, 1.165) is 48.8 Å². The minimum absolute atomic E-state index is 0.224. The van der Waals surface area contributed by atoms with Gasteiger partial charge in [-0.25, -0.2) is 9.59 Å². The summed E-state index contributed by atoms with van der Waals surface area (Å²) in [6.07, 6.45) is 0.429. The third-order valence-corrected chi connectivity index (χ3v) is 5.84. The lowest BCUT2D eigenvalue weighted by atomic mass is 10.0. The van der Waals surface area contributed by atoms with Gasteiger partial charge < -0.3 is 9.73 Å². The second-order valence-corrected chi connectivity index (χ2v) is 8.34. The summed E-state index contributed by atoms with van der Waals surface area (Å²) in [6.45, 7) is 0.419. The van der Waals surface area contributed by atoms with Crippen molar-refractivity contribution in [2.75, 3.05) is 6.54 Å². The number of oxazole rings is 1. The molecular formula is C27H25F3N2O3. The summed E-state index contributed by atoms with van der Waals surface area (Å²) in [6, 6.07) is 19.1. The molecule has 0 saturated heterocycles. The molecule has 4 rings (SSSR count). The normalized spacial score (nSPS) is 11.6. The summed E-state index contributed by atoms with van der Waals surface area (Å²) >= 11 is 0. The lowest BCUT2D eigenvalue weighted by Crippen LogP contribution is -2.34. The van der Waals surface area contributed by atoms with E-state index in [1.807, 2.05) is 18.2 Å². The third-order valence-electron chi connectivity index (χ3n) is 5.84. The molecule has 1 N–H and O–H groups in total. The van der Waals surface area contributed by atoms with Crippen LogP contribution >= 0.6 is 0 Å². The van der Waals surface area contributed by atoms with E-state index in [1.165, 1.54) is 23.8 Å². The Morgan fingerprint density at radius 1 is 0.857 bits per heavy atom. The molecule has 0 unspecified atom stereocenters. The standard InChI is InChI=1S/C27H25F3N2O3/c28-27(29,30)22-14-11-20(12-15-22)21-13-16-24-23(18-21)32(26(34)35-24)25(33)31-17-7-2-1-4-8-19-9-5-3-6-10-19/h3,5-6,9-16,18H,1-2,4,7-8,17H2,(H,31,33). The van der Waals surface area contributed by atoms with Crippen LogP contribution < -0.4 is 11.1 Å². The van der Waals surface area contributed by atoms with Crippen molar-refractivity contribution in [1.29, 1.82) is 0 Å². The van der Waals surface area contributed by atoms with Gasteiger partial charge in [-0.1, -0.05) is 61.4 Å². The van der Waals surface area contributed by atoms with Crippen LogP contribution in [0.15, 0.2) is 82.0 Å². The number of nitrogens with one attached hydrogen (secondary N) is 1. The van der Waals surface area contributed by atoms with Gasteiger partial charge in [0, 0.05) is 6.54 Å². The highest BCUT2D eigenvalue weighted by Gasteiger charge is 2.30.